The van der Waals surface area contributed by atoms with Crippen molar-refractivity contribution >= 4 is 29.0 Å². The van der Waals surface area contributed by atoms with Crippen LogP contribution in [0.25, 0.3) is 0 Å². The van der Waals surface area contributed by atoms with Crippen molar-refractivity contribution in [3.05, 3.63) is 16.1 Å². The molecule has 1 aromatic heterocycles. The molecule has 0 amide bonds. The minimum absolute atomic E-state index is 0.0550. The molecule has 1 heterocycles. The maximum absolute atomic E-state index is 11.8. The molecule has 0 spiro atoms. The van der Waals surface area contributed by atoms with Gasteiger partial charge in [-0.1, -0.05) is 23.2 Å². The lowest BCUT2D eigenvalue weighted by atomic mass is 10.4. The van der Waals surface area contributed by atoms with Gasteiger partial charge in [0.05, 0.1) is 5.02 Å². The minimum atomic E-state index is -4.46. The molecule has 1 rings (SSSR count). The van der Waals surface area contributed by atoms with E-state index in [4.69, 9.17) is 28.9 Å². The van der Waals surface area contributed by atoms with Gasteiger partial charge in [-0.05, 0) is 6.07 Å². The fraction of sp³-hybridized carbons (Fsp3) is 0.286. The van der Waals surface area contributed by atoms with E-state index < -0.39 is 18.7 Å². The first-order valence-corrected chi connectivity index (χ1v) is 4.36. The number of nitrogens with two attached hydrogens (primary N) is 1. The molecule has 0 bridgehead atoms. The number of hydrogen-bond donors (Lipinski definition) is 1. The summed E-state index contributed by atoms with van der Waals surface area (Å²) in [6.45, 7) is -1.49. The lowest BCUT2D eigenvalue weighted by Gasteiger charge is -2.10. The monoisotopic (exact) mass is 260 g/mol. The zero-order valence-electron chi connectivity index (χ0n) is 7.11. The molecule has 0 saturated carbocycles. The van der Waals surface area contributed by atoms with Crippen molar-refractivity contribution in [3.63, 3.8) is 0 Å². The fourth-order valence-electron chi connectivity index (χ4n) is 0.715. The second kappa shape index (κ2) is 4.32. The molecular weight excluding hydrogens is 256 g/mol. The van der Waals surface area contributed by atoms with E-state index in [9.17, 15) is 13.2 Å². The molecule has 0 atom stereocenters. The molecule has 0 aliphatic carbocycles. The minimum Gasteiger partial charge on any atom is -0.467 e. The van der Waals surface area contributed by atoms with Crippen LogP contribution in [0.5, 0.6) is 5.88 Å². The van der Waals surface area contributed by atoms with Crippen LogP contribution in [0.15, 0.2) is 6.07 Å². The van der Waals surface area contributed by atoms with Gasteiger partial charge in [-0.2, -0.15) is 18.2 Å². The Hall–Kier alpha value is -0.880. The third-order valence-electron chi connectivity index (χ3n) is 1.30. The summed E-state index contributed by atoms with van der Waals surface area (Å²) in [5.41, 5.74) is 5.27. The third kappa shape index (κ3) is 3.64. The summed E-state index contributed by atoms with van der Waals surface area (Å²) in [7, 11) is 0. The number of rotatable bonds is 2. The van der Waals surface area contributed by atoms with Crippen molar-refractivity contribution in [1.82, 2.24) is 4.98 Å². The third-order valence-corrected chi connectivity index (χ3v) is 1.87. The largest absolute Gasteiger partial charge is 0.467 e. The van der Waals surface area contributed by atoms with Gasteiger partial charge < -0.3 is 10.5 Å². The Morgan fingerprint density at radius 1 is 1.33 bits per heavy atom. The van der Waals surface area contributed by atoms with E-state index in [1.54, 1.807) is 0 Å². The average molecular weight is 261 g/mol. The molecule has 0 unspecified atom stereocenters. The predicted molar refractivity (Wildman–Crippen MR) is 50.2 cm³/mol. The van der Waals surface area contributed by atoms with Gasteiger partial charge in [0.2, 0.25) is 5.88 Å². The highest BCUT2D eigenvalue weighted by molar-refractivity contribution is 6.36. The van der Waals surface area contributed by atoms with Gasteiger partial charge in [0.15, 0.2) is 6.61 Å². The van der Waals surface area contributed by atoms with E-state index in [1.165, 1.54) is 0 Å². The van der Waals surface area contributed by atoms with Crippen LogP contribution in [0, 0.1) is 0 Å². The number of anilines is 1. The molecular formula is C7H5Cl2F3N2O. The van der Waals surface area contributed by atoms with E-state index in [1.807, 2.05) is 0 Å². The molecule has 84 valence electrons. The summed E-state index contributed by atoms with van der Waals surface area (Å²) >= 11 is 11.1. The predicted octanol–water partition coefficient (Wildman–Crippen LogP) is 2.91. The zero-order valence-corrected chi connectivity index (χ0v) is 8.62. The van der Waals surface area contributed by atoms with Crippen LogP contribution in [-0.2, 0) is 0 Å². The summed E-state index contributed by atoms with van der Waals surface area (Å²) < 4.78 is 39.7. The molecule has 0 saturated heterocycles. The molecule has 3 nitrogen and oxygen atoms in total. The molecule has 0 radical (unpaired) electrons. The van der Waals surface area contributed by atoms with Gasteiger partial charge in [0.25, 0.3) is 0 Å². The number of pyridine rings is 1. The number of ether oxygens (including phenoxy) is 1. The second-order valence-corrected chi connectivity index (χ2v) is 3.36. The molecule has 15 heavy (non-hydrogen) atoms. The zero-order chi connectivity index (χ0) is 11.6. The van der Waals surface area contributed by atoms with Crippen LogP contribution in [0.4, 0.5) is 19.0 Å². The maximum atomic E-state index is 11.8. The highest BCUT2D eigenvalue weighted by Crippen LogP contribution is 2.30. The fourth-order valence-corrected chi connectivity index (χ4v) is 1.13. The summed E-state index contributed by atoms with van der Waals surface area (Å²) in [5.74, 6) is -0.533. The lowest BCUT2D eigenvalue weighted by molar-refractivity contribution is -0.154. The second-order valence-electron chi connectivity index (χ2n) is 2.55. The van der Waals surface area contributed by atoms with E-state index in [-0.39, 0.29) is 15.9 Å². The first-order valence-electron chi connectivity index (χ1n) is 3.60. The average Bonchev–Trinajstić information content (AvgIpc) is 2.07. The quantitative estimate of drug-likeness (QED) is 0.890. The van der Waals surface area contributed by atoms with E-state index in [0.717, 1.165) is 6.07 Å². The van der Waals surface area contributed by atoms with Crippen molar-refractivity contribution < 1.29 is 17.9 Å². The van der Waals surface area contributed by atoms with Gasteiger partial charge in [-0.25, -0.2) is 0 Å². The number of alkyl halides is 3. The van der Waals surface area contributed by atoms with Crippen molar-refractivity contribution in [3.8, 4) is 5.88 Å². The molecule has 8 heteroatoms. The molecule has 0 aliphatic rings. The first kappa shape index (κ1) is 12.2. The van der Waals surface area contributed by atoms with Crippen molar-refractivity contribution in [2.75, 3.05) is 12.3 Å². The molecule has 0 aliphatic heterocycles. The molecule has 0 fully saturated rings. The van der Waals surface area contributed by atoms with Gasteiger partial charge in [-0.15, -0.1) is 0 Å². The normalized spacial score (nSPS) is 11.5. The summed E-state index contributed by atoms with van der Waals surface area (Å²) in [5, 5.41) is -0.0715. The summed E-state index contributed by atoms with van der Waals surface area (Å²) in [6.07, 6.45) is -4.46. The Labute approximate surface area is 92.9 Å². The van der Waals surface area contributed by atoms with E-state index in [0.29, 0.717) is 0 Å². The summed E-state index contributed by atoms with van der Waals surface area (Å²) in [4.78, 5) is 3.47. The van der Waals surface area contributed by atoms with Crippen molar-refractivity contribution in [2.24, 2.45) is 0 Å². The highest BCUT2D eigenvalue weighted by Gasteiger charge is 2.29. The van der Waals surface area contributed by atoms with Crippen LogP contribution in [0.2, 0.25) is 10.0 Å². The SMILES string of the molecule is Nc1nc(OCC(F)(F)F)c(Cl)cc1Cl. The Morgan fingerprint density at radius 3 is 2.47 bits per heavy atom. The van der Waals surface area contributed by atoms with E-state index in [2.05, 4.69) is 9.72 Å². The smallest absolute Gasteiger partial charge is 0.422 e. The molecule has 1 aromatic rings. The van der Waals surface area contributed by atoms with Crippen LogP contribution >= 0.6 is 23.2 Å². The van der Waals surface area contributed by atoms with Crippen molar-refractivity contribution in [2.45, 2.75) is 6.18 Å². The first-order chi connectivity index (χ1) is 6.79. The van der Waals surface area contributed by atoms with E-state index >= 15 is 0 Å². The number of aromatic nitrogens is 1. The van der Waals surface area contributed by atoms with Crippen molar-refractivity contribution in [1.29, 1.82) is 0 Å². The Kier molecular flexibility index (Phi) is 3.51. The van der Waals surface area contributed by atoms with Crippen LogP contribution < -0.4 is 10.5 Å². The van der Waals surface area contributed by atoms with Gasteiger partial charge in [0.1, 0.15) is 10.8 Å². The highest BCUT2D eigenvalue weighted by atomic mass is 35.5. The molecule has 0 aromatic carbocycles. The standard InChI is InChI=1S/C7H5Cl2F3N2O/c8-3-1-4(9)6(14-5(3)13)15-2-7(10,11)12/h1H,2H2,(H2,13,14). The lowest BCUT2D eigenvalue weighted by Crippen LogP contribution is -2.20. The Morgan fingerprint density at radius 2 is 1.93 bits per heavy atom. The Balaban J connectivity index is 2.82. The topological polar surface area (TPSA) is 48.1 Å². The molecule has 2 N–H and O–H groups in total. The van der Waals surface area contributed by atoms with Crippen LogP contribution in [0.1, 0.15) is 0 Å². The summed E-state index contributed by atoms with van der Waals surface area (Å²) in [6, 6.07) is 1.16. The van der Waals surface area contributed by atoms with Crippen LogP contribution in [-0.4, -0.2) is 17.8 Å². The number of halogens is 5. The van der Waals surface area contributed by atoms with Crippen LogP contribution in [0.3, 0.4) is 0 Å². The Bertz CT molecular complexity index is 370. The number of nitrogens with zero attached hydrogens (tertiary/aromatic N) is 1. The number of nitrogen functional groups attached to an aromatic ring is 1. The maximum Gasteiger partial charge on any atom is 0.422 e. The number of hydrogen-bond acceptors (Lipinski definition) is 3. The van der Waals surface area contributed by atoms with Gasteiger partial charge >= 0.3 is 6.18 Å². The van der Waals surface area contributed by atoms with Gasteiger partial charge in [-0.3, -0.25) is 0 Å². The van der Waals surface area contributed by atoms with Gasteiger partial charge in [0, 0.05) is 0 Å².